The highest BCUT2D eigenvalue weighted by Crippen LogP contribution is 2.23. The molecular formula is C13H18ClNO3. The van der Waals surface area contributed by atoms with Crippen LogP contribution in [-0.4, -0.2) is 18.2 Å². The Morgan fingerprint density at radius 2 is 2.06 bits per heavy atom. The Hall–Kier alpha value is -1.26. The number of benzene rings is 1. The van der Waals surface area contributed by atoms with Crippen molar-refractivity contribution in [3.63, 3.8) is 0 Å². The van der Waals surface area contributed by atoms with Crippen LogP contribution in [-0.2, 0) is 16.1 Å². The first-order chi connectivity index (χ1) is 8.31. The molecule has 0 aliphatic carbocycles. The minimum Gasteiger partial charge on any atom is -0.482 e. The van der Waals surface area contributed by atoms with E-state index < -0.39 is 11.6 Å². The van der Waals surface area contributed by atoms with Gasteiger partial charge >= 0.3 is 5.97 Å². The Morgan fingerprint density at radius 1 is 1.39 bits per heavy atom. The molecule has 18 heavy (non-hydrogen) atoms. The van der Waals surface area contributed by atoms with Crippen LogP contribution in [0.5, 0.6) is 5.75 Å². The number of esters is 1. The van der Waals surface area contributed by atoms with Crippen molar-refractivity contribution < 1.29 is 14.3 Å². The SMILES string of the molecule is CC(C)(C)OC(=O)COc1cc(Cl)ccc1CN. The van der Waals surface area contributed by atoms with E-state index in [1.807, 2.05) is 0 Å². The summed E-state index contributed by atoms with van der Waals surface area (Å²) in [5.41, 5.74) is 5.84. The number of halogens is 1. The first kappa shape index (κ1) is 14.8. The van der Waals surface area contributed by atoms with Crippen LogP contribution in [0.3, 0.4) is 0 Å². The van der Waals surface area contributed by atoms with Crippen LogP contribution >= 0.6 is 11.6 Å². The summed E-state index contributed by atoms with van der Waals surface area (Å²) in [7, 11) is 0. The number of hydrogen-bond donors (Lipinski definition) is 1. The van der Waals surface area contributed by atoms with Gasteiger partial charge < -0.3 is 15.2 Å². The summed E-state index contributed by atoms with van der Waals surface area (Å²) in [6.07, 6.45) is 0. The largest absolute Gasteiger partial charge is 0.482 e. The summed E-state index contributed by atoms with van der Waals surface area (Å²) in [5, 5.41) is 0.534. The molecule has 1 aromatic carbocycles. The van der Waals surface area contributed by atoms with Crippen LogP contribution in [0.15, 0.2) is 18.2 Å². The Bertz CT molecular complexity index is 427. The standard InChI is InChI=1S/C13H18ClNO3/c1-13(2,3)18-12(16)8-17-11-6-10(14)5-4-9(11)7-15/h4-6H,7-8,15H2,1-3H3. The Labute approximate surface area is 112 Å². The first-order valence-corrected chi connectivity index (χ1v) is 6.03. The predicted molar refractivity (Wildman–Crippen MR) is 70.7 cm³/mol. The molecule has 0 amide bonds. The topological polar surface area (TPSA) is 61.5 Å². The highest BCUT2D eigenvalue weighted by molar-refractivity contribution is 6.30. The van der Waals surface area contributed by atoms with Crippen LogP contribution in [0.4, 0.5) is 0 Å². The summed E-state index contributed by atoms with van der Waals surface area (Å²) in [6, 6.07) is 5.13. The quantitative estimate of drug-likeness (QED) is 0.855. The van der Waals surface area contributed by atoms with Crippen molar-refractivity contribution in [2.45, 2.75) is 32.9 Å². The molecule has 0 aliphatic heterocycles. The molecule has 0 aliphatic rings. The summed E-state index contributed by atoms with van der Waals surface area (Å²) in [5.74, 6) is 0.0845. The van der Waals surface area contributed by atoms with Crippen LogP contribution in [0.1, 0.15) is 26.3 Å². The van der Waals surface area contributed by atoms with E-state index >= 15 is 0 Å². The van der Waals surface area contributed by atoms with Crippen molar-refractivity contribution in [3.8, 4) is 5.75 Å². The normalized spacial score (nSPS) is 11.2. The van der Waals surface area contributed by atoms with Gasteiger partial charge in [-0.15, -0.1) is 0 Å². The summed E-state index contributed by atoms with van der Waals surface area (Å²) < 4.78 is 10.5. The molecular weight excluding hydrogens is 254 g/mol. The molecule has 1 rings (SSSR count). The minimum absolute atomic E-state index is 0.162. The molecule has 0 bridgehead atoms. The van der Waals surface area contributed by atoms with E-state index in [0.717, 1.165) is 5.56 Å². The van der Waals surface area contributed by atoms with Crippen molar-refractivity contribution in [1.82, 2.24) is 0 Å². The molecule has 0 aromatic heterocycles. The van der Waals surface area contributed by atoms with E-state index in [1.54, 1.807) is 39.0 Å². The van der Waals surface area contributed by atoms with Gasteiger partial charge in [0, 0.05) is 17.1 Å². The van der Waals surface area contributed by atoms with E-state index in [0.29, 0.717) is 17.3 Å². The molecule has 0 radical (unpaired) electrons. The second kappa shape index (κ2) is 6.07. The Balaban J connectivity index is 2.63. The number of rotatable bonds is 4. The van der Waals surface area contributed by atoms with Crippen molar-refractivity contribution in [1.29, 1.82) is 0 Å². The van der Waals surface area contributed by atoms with Crippen LogP contribution in [0.25, 0.3) is 0 Å². The second-order valence-corrected chi connectivity index (χ2v) is 5.27. The fourth-order valence-corrected chi connectivity index (χ4v) is 1.50. The van der Waals surface area contributed by atoms with Gasteiger partial charge in [-0.1, -0.05) is 17.7 Å². The lowest BCUT2D eigenvalue weighted by Crippen LogP contribution is -2.27. The lowest BCUT2D eigenvalue weighted by molar-refractivity contribution is -0.157. The lowest BCUT2D eigenvalue weighted by Gasteiger charge is -2.19. The summed E-state index contributed by atoms with van der Waals surface area (Å²) in [6.45, 7) is 5.56. The number of carbonyl (C=O) groups is 1. The number of nitrogens with two attached hydrogens (primary N) is 1. The summed E-state index contributed by atoms with van der Waals surface area (Å²) >= 11 is 5.86. The van der Waals surface area contributed by atoms with Gasteiger partial charge in [0.15, 0.2) is 6.61 Å². The summed E-state index contributed by atoms with van der Waals surface area (Å²) in [4.78, 5) is 11.5. The molecule has 0 saturated carbocycles. The van der Waals surface area contributed by atoms with Crippen molar-refractivity contribution in [2.24, 2.45) is 5.73 Å². The molecule has 1 aromatic rings. The van der Waals surface area contributed by atoms with Crippen molar-refractivity contribution in [2.75, 3.05) is 6.61 Å². The molecule has 0 unspecified atom stereocenters. The van der Waals surface area contributed by atoms with Gasteiger partial charge in [0.25, 0.3) is 0 Å². The maximum atomic E-state index is 11.5. The highest BCUT2D eigenvalue weighted by atomic mass is 35.5. The fourth-order valence-electron chi connectivity index (χ4n) is 1.34. The van der Waals surface area contributed by atoms with E-state index in [1.165, 1.54) is 0 Å². The highest BCUT2D eigenvalue weighted by Gasteiger charge is 2.17. The Morgan fingerprint density at radius 3 is 2.61 bits per heavy atom. The van der Waals surface area contributed by atoms with E-state index in [-0.39, 0.29) is 6.61 Å². The molecule has 2 N–H and O–H groups in total. The van der Waals surface area contributed by atoms with Gasteiger partial charge in [-0.05, 0) is 32.9 Å². The zero-order valence-corrected chi connectivity index (χ0v) is 11.6. The average Bonchev–Trinajstić information content (AvgIpc) is 2.24. The third kappa shape index (κ3) is 4.94. The molecule has 0 spiro atoms. The number of ether oxygens (including phenoxy) is 2. The van der Waals surface area contributed by atoms with Crippen LogP contribution < -0.4 is 10.5 Å². The van der Waals surface area contributed by atoms with Crippen molar-refractivity contribution >= 4 is 17.6 Å². The van der Waals surface area contributed by atoms with Crippen molar-refractivity contribution in [3.05, 3.63) is 28.8 Å². The van der Waals surface area contributed by atoms with E-state index in [9.17, 15) is 4.79 Å². The molecule has 5 heteroatoms. The van der Waals surface area contributed by atoms with Crippen LogP contribution in [0, 0.1) is 0 Å². The van der Waals surface area contributed by atoms with E-state index in [4.69, 9.17) is 26.8 Å². The smallest absolute Gasteiger partial charge is 0.344 e. The van der Waals surface area contributed by atoms with Crippen LogP contribution in [0.2, 0.25) is 5.02 Å². The monoisotopic (exact) mass is 271 g/mol. The minimum atomic E-state index is -0.522. The zero-order chi connectivity index (χ0) is 13.8. The predicted octanol–water partition coefficient (Wildman–Crippen LogP) is 2.52. The Kier molecular flexibility index (Phi) is 4.99. The van der Waals surface area contributed by atoms with Gasteiger partial charge in [-0.3, -0.25) is 0 Å². The molecule has 100 valence electrons. The van der Waals surface area contributed by atoms with Gasteiger partial charge in [0.05, 0.1) is 0 Å². The maximum absolute atomic E-state index is 11.5. The van der Waals surface area contributed by atoms with Gasteiger partial charge in [-0.25, -0.2) is 4.79 Å². The number of hydrogen-bond acceptors (Lipinski definition) is 4. The van der Waals surface area contributed by atoms with Gasteiger partial charge in [0.2, 0.25) is 0 Å². The molecule has 4 nitrogen and oxygen atoms in total. The number of carbonyl (C=O) groups excluding carboxylic acids is 1. The first-order valence-electron chi connectivity index (χ1n) is 5.65. The zero-order valence-electron chi connectivity index (χ0n) is 10.8. The molecule has 0 heterocycles. The third-order valence-electron chi connectivity index (χ3n) is 2.01. The fraction of sp³-hybridized carbons (Fsp3) is 0.462. The lowest BCUT2D eigenvalue weighted by atomic mass is 10.2. The maximum Gasteiger partial charge on any atom is 0.344 e. The molecule has 0 atom stereocenters. The molecule has 0 saturated heterocycles. The average molecular weight is 272 g/mol. The molecule has 0 fully saturated rings. The second-order valence-electron chi connectivity index (χ2n) is 4.83. The van der Waals surface area contributed by atoms with Gasteiger partial charge in [0.1, 0.15) is 11.4 Å². The van der Waals surface area contributed by atoms with E-state index in [2.05, 4.69) is 0 Å². The van der Waals surface area contributed by atoms with Gasteiger partial charge in [-0.2, -0.15) is 0 Å². The third-order valence-corrected chi connectivity index (χ3v) is 2.25.